The van der Waals surface area contributed by atoms with Gasteiger partial charge in [0.25, 0.3) is 0 Å². The first-order valence-electron chi connectivity index (χ1n) is 6.39. The van der Waals surface area contributed by atoms with Gasteiger partial charge in [-0.2, -0.15) is 11.8 Å². The van der Waals surface area contributed by atoms with E-state index in [4.69, 9.17) is 11.6 Å². The van der Waals surface area contributed by atoms with Crippen LogP contribution in [0.25, 0.3) is 0 Å². The number of thioether (sulfide) groups is 1. The highest BCUT2D eigenvalue weighted by Crippen LogP contribution is 2.27. The van der Waals surface area contributed by atoms with Crippen molar-refractivity contribution in [1.29, 1.82) is 0 Å². The summed E-state index contributed by atoms with van der Waals surface area (Å²) in [5.74, 6) is 0. The van der Waals surface area contributed by atoms with Crippen LogP contribution in [0.15, 0.2) is 22.7 Å². The molecule has 0 spiro atoms. The Morgan fingerprint density at radius 1 is 1.44 bits per heavy atom. The highest BCUT2D eigenvalue weighted by Gasteiger charge is 2.20. The second-order valence-corrected chi connectivity index (χ2v) is 7.27. The van der Waals surface area contributed by atoms with Crippen LogP contribution in [-0.4, -0.2) is 17.5 Å². The molecule has 1 aliphatic carbocycles. The van der Waals surface area contributed by atoms with Crippen molar-refractivity contribution in [3.05, 3.63) is 33.3 Å². The molecule has 1 aliphatic rings. The SMILES string of the molecule is CSC1CCCC(NCc2ccc(Cl)cc2Br)C1. The maximum absolute atomic E-state index is 5.95. The summed E-state index contributed by atoms with van der Waals surface area (Å²) in [6, 6.07) is 6.67. The second kappa shape index (κ2) is 7.18. The Hall–Kier alpha value is 0.300. The van der Waals surface area contributed by atoms with Crippen LogP contribution in [0, 0.1) is 0 Å². The molecule has 0 saturated heterocycles. The summed E-state index contributed by atoms with van der Waals surface area (Å²) < 4.78 is 1.10. The van der Waals surface area contributed by atoms with Crippen molar-refractivity contribution < 1.29 is 0 Å². The average Bonchev–Trinajstić information content (AvgIpc) is 2.38. The quantitative estimate of drug-likeness (QED) is 0.833. The predicted molar refractivity (Wildman–Crippen MR) is 85.6 cm³/mol. The molecule has 0 aromatic heterocycles. The van der Waals surface area contributed by atoms with Crippen LogP contribution in [0.2, 0.25) is 5.02 Å². The minimum absolute atomic E-state index is 0.666. The number of hydrogen-bond donors (Lipinski definition) is 1. The molecule has 1 N–H and O–H groups in total. The summed E-state index contributed by atoms with van der Waals surface area (Å²) >= 11 is 11.5. The van der Waals surface area contributed by atoms with Crippen molar-refractivity contribution in [3.63, 3.8) is 0 Å². The first-order valence-corrected chi connectivity index (χ1v) is 8.85. The molecule has 1 fully saturated rings. The summed E-state index contributed by atoms with van der Waals surface area (Å²) in [6.45, 7) is 0.920. The Morgan fingerprint density at radius 2 is 2.28 bits per heavy atom. The molecule has 18 heavy (non-hydrogen) atoms. The molecule has 0 aliphatic heterocycles. The molecule has 1 nitrogen and oxygen atoms in total. The topological polar surface area (TPSA) is 12.0 Å². The monoisotopic (exact) mass is 347 g/mol. The molecule has 0 bridgehead atoms. The molecule has 1 aromatic rings. The minimum Gasteiger partial charge on any atom is -0.310 e. The fourth-order valence-electron chi connectivity index (χ4n) is 2.46. The van der Waals surface area contributed by atoms with Crippen molar-refractivity contribution in [2.75, 3.05) is 6.26 Å². The highest BCUT2D eigenvalue weighted by molar-refractivity contribution is 9.10. The average molecular weight is 349 g/mol. The van der Waals surface area contributed by atoms with E-state index in [0.29, 0.717) is 6.04 Å². The zero-order valence-electron chi connectivity index (χ0n) is 10.6. The number of benzene rings is 1. The van der Waals surface area contributed by atoms with Gasteiger partial charge in [-0.15, -0.1) is 0 Å². The first kappa shape index (κ1) is 14.7. The lowest BCUT2D eigenvalue weighted by Gasteiger charge is -2.29. The van der Waals surface area contributed by atoms with E-state index >= 15 is 0 Å². The van der Waals surface area contributed by atoms with Crippen LogP contribution in [-0.2, 0) is 6.54 Å². The van der Waals surface area contributed by atoms with Crippen molar-refractivity contribution >= 4 is 39.3 Å². The molecule has 1 saturated carbocycles. The molecule has 4 heteroatoms. The Labute approximate surface area is 127 Å². The molecule has 0 radical (unpaired) electrons. The van der Waals surface area contributed by atoms with Crippen molar-refractivity contribution in [2.24, 2.45) is 0 Å². The summed E-state index contributed by atoms with van der Waals surface area (Å²) in [6.07, 6.45) is 7.56. The fraction of sp³-hybridized carbons (Fsp3) is 0.571. The van der Waals surface area contributed by atoms with Gasteiger partial charge in [-0.05, 0) is 43.2 Å². The van der Waals surface area contributed by atoms with E-state index in [1.165, 1.54) is 31.2 Å². The second-order valence-electron chi connectivity index (χ2n) is 4.84. The zero-order chi connectivity index (χ0) is 13.0. The van der Waals surface area contributed by atoms with Gasteiger partial charge in [0.2, 0.25) is 0 Å². The summed E-state index contributed by atoms with van der Waals surface area (Å²) in [7, 11) is 0. The smallest absolute Gasteiger partial charge is 0.0417 e. The summed E-state index contributed by atoms with van der Waals surface area (Å²) in [5.41, 5.74) is 1.28. The lowest BCUT2D eigenvalue weighted by atomic mass is 9.95. The van der Waals surface area contributed by atoms with E-state index in [2.05, 4.69) is 33.6 Å². The standard InChI is InChI=1S/C14H19BrClNS/c1-18-13-4-2-3-12(8-13)17-9-10-5-6-11(16)7-14(10)15/h5-7,12-13,17H,2-4,8-9H2,1H3. The predicted octanol–water partition coefficient (Wildman–Crippen LogP) is 4.87. The molecule has 0 heterocycles. The molecule has 1 aromatic carbocycles. The van der Waals surface area contributed by atoms with Crippen molar-refractivity contribution in [3.8, 4) is 0 Å². The van der Waals surface area contributed by atoms with Gasteiger partial charge in [0.15, 0.2) is 0 Å². The van der Waals surface area contributed by atoms with E-state index in [9.17, 15) is 0 Å². The van der Waals surface area contributed by atoms with Gasteiger partial charge < -0.3 is 5.32 Å². The number of halogens is 2. The molecule has 2 unspecified atom stereocenters. The normalized spacial score (nSPS) is 24.2. The van der Waals surface area contributed by atoms with Crippen LogP contribution >= 0.6 is 39.3 Å². The fourth-order valence-corrected chi connectivity index (χ4v) is 4.11. The van der Waals surface area contributed by atoms with Gasteiger partial charge >= 0.3 is 0 Å². The Balaban J connectivity index is 1.87. The van der Waals surface area contributed by atoms with E-state index in [-0.39, 0.29) is 0 Å². The lowest BCUT2D eigenvalue weighted by molar-refractivity contribution is 0.379. The third kappa shape index (κ3) is 4.16. The zero-order valence-corrected chi connectivity index (χ0v) is 13.7. The van der Waals surface area contributed by atoms with Gasteiger partial charge in [-0.1, -0.05) is 40.0 Å². The number of rotatable bonds is 4. The van der Waals surface area contributed by atoms with Crippen LogP contribution in [0.4, 0.5) is 0 Å². The maximum Gasteiger partial charge on any atom is 0.0417 e. The molecule has 2 rings (SSSR count). The Morgan fingerprint density at radius 3 is 3.00 bits per heavy atom. The van der Waals surface area contributed by atoms with Gasteiger partial charge in [0, 0.05) is 27.3 Å². The Kier molecular flexibility index (Phi) is 5.87. The van der Waals surface area contributed by atoms with Crippen LogP contribution < -0.4 is 5.32 Å². The van der Waals surface area contributed by atoms with Crippen molar-refractivity contribution in [1.82, 2.24) is 5.32 Å². The van der Waals surface area contributed by atoms with Gasteiger partial charge in [-0.3, -0.25) is 0 Å². The van der Waals surface area contributed by atoms with E-state index < -0.39 is 0 Å². The lowest BCUT2D eigenvalue weighted by Crippen LogP contribution is -2.34. The molecular weight excluding hydrogens is 330 g/mol. The summed E-state index contributed by atoms with van der Waals surface area (Å²) in [4.78, 5) is 0. The molecule has 100 valence electrons. The van der Waals surface area contributed by atoms with E-state index in [1.807, 2.05) is 23.9 Å². The van der Waals surface area contributed by atoms with Gasteiger partial charge in [-0.25, -0.2) is 0 Å². The van der Waals surface area contributed by atoms with E-state index in [0.717, 1.165) is 21.3 Å². The molecule has 2 atom stereocenters. The largest absolute Gasteiger partial charge is 0.310 e. The minimum atomic E-state index is 0.666. The van der Waals surface area contributed by atoms with E-state index in [1.54, 1.807) is 0 Å². The van der Waals surface area contributed by atoms with Crippen LogP contribution in [0.5, 0.6) is 0 Å². The number of nitrogens with one attached hydrogen (secondary N) is 1. The first-order chi connectivity index (χ1) is 8.69. The maximum atomic E-state index is 5.95. The molecular formula is C14H19BrClNS. The summed E-state index contributed by atoms with van der Waals surface area (Å²) in [5, 5.41) is 5.30. The Bertz CT molecular complexity index is 399. The van der Waals surface area contributed by atoms with Crippen LogP contribution in [0.3, 0.4) is 0 Å². The van der Waals surface area contributed by atoms with Gasteiger partial charge in [0.05, 0.1) is 0 Å². The third-order valence-corrected chi connectivity index (χ3v) is 5.62. The van der Waals surface area contributed by atoms with Crippen LogP contribution in [0.1, 0.15) is 31.2 Å². The highest BCUT2D eigenvalue weighted by atomic mass is 79.9. The molecule has 0 amide bonds. The number of hydrogen-bond acceptors (Lipinski definition) is 2. The third-order valence-electron chi connectivity index (χ3n) is 3.56. The van der Waals surface area contributed by atoms with Crippen molar-refractivity contribution in [2.45, 2.75) is 43.5 Å². The van der Waals surface area contributed by atoms with Gasteiger partial charge in [0.1, 0.15) is 0 Å².